The third-order valence-electron chi connectivity index (χ3n) is 2.86. The summed E-state index contributed by atoms with van der Waals surface area (Å²) in [7, 11) is 2.10. The summed E-state index contributed by atoms with van der Waals surface area (Å²) in [5.74, 6) is 0. The van der Waals surface area contributed by atoms with Crippen molar-refractivity contribution in [2.24, 2.45) is 0 Å². The highest BCUT2D eigenvalue weighted by Gasteiger charge is 2.16. The Balaban J connectivity index is 2.05. The Morgan fingerprint density at radius 3 is 2.29 bits per heavy atom. The third kappa shape index (κ3) is 2.10. The van der Waals surface area contributed by atoms with Gasteiger partial charge in [0.1, 0.15) is 7.85 Å². The molecule has 1 aliphatic rings. The van der Waals surface area contributed by atoms with Crippen LogP contribution in [0, 0.1) is 0 Å². The van der Waals surface area contributed by atoms with Crippen LogP contribution in [0.25, 0.3) is 0 Å². The molecule has 0 unspecified atom stereocenters. The van der Waals surface area contributed by atoms with Gasteiger partial charge in [0.15, 0.2) is 0 Å². The second-order valence-corrected chi connectivity index (χ2v) is 4.05. The Morgan fingerprint density at radius 2 is 1.71 bits per heavy atom. The number of aliphatic hydroxyl groups is 1. The van der Waals surface area contributed by atoms with E-state index in [2.05, 4.69) is 37.0 Å². The van der Waals surface area contributed by atoms with Crippen molar-refractivity contribution in [3.05, 3.63) is 24.3 Å². The minimum Gasteiger partial charge on any atom is -0.393 e. The SMILES string of the molecule is Bc1ccc(N2CCC(O)CC2)cc1. The lowest BCUT2D eigenvalue weighted by Crippen LogP contribution is -2.35. The fourth-order valence-electron chi connectivity index (χ4n) is 1.88. The van der Waals surface area contributed by atoms with Crippen LogP contribution >= 0.6 is 0 Å². The molecule has 1 saturated heterocycles. The maximum atomic E-state index is 9.39. The molecule has 0 atom stereocenters. The van der Waals surface area contributed by atoms with Gasteiger partial charge in [-0.15, -0.1) is 0 Å². The molecule has 2 nitrogen and oxygen atoms in total. The first kappa shape index (κ1) is 9.59. The minimum absolute atomic E-state index is 0.0864. The van der Waals surface area contributed by atoms with E-state index < -0.39 is 0 Å². The molecule has 1 fully saturated rings. The van der Waals surface area contributed by atoms with Crippen molar-refractivity contribution in [2.75, 3.05) is 18.0 Å². The average molecular weight is 189 g/mol. The van der Waals surface area contributed by atoms with Gasteiger partial charge in [0.2, 0.25) is 0 Å². The van der Waals surface area contributed by atoms with Crippen LogP contribution in [-0.4, -0.2) is 32.1 Å². The molecule has 1 heterocycles. The van der Waals surface area contributed by atoms with E-state index in [-0.39, 0.29) is 6.10 Å². The standard InChI is InChI=1S/C11H16BNO/c12-9-1-3-10(4-2-9)13-7-5-11(14)6-8-13/h1-4,11,14H,5-8,12H2. The van der Waals surface area contributed by atoms with Gasteiger partial charge in [0.25, 0.3) is 0 Å². The Morgan fingerprint density at radius 1 is 1.14 bits per heavy atom. The maximum absolute atomic E-state index is 9.39. The highest BCUT2D eigenvalue weighted by molar-refractivity contribution is 6.32. The van der Waals surface area contributed by atoms with E-state index in [1.54, 1.807) is 0 Å². The first-order valence-electron chi connectivity index (χ1n) is 5.25. The molecule has 74 valence electrons. The lowest BCUT2D eigenvalue weighted by molar-refractivity contribution is 0.145. The van der Waals surface area contributed by atoms with Gasteiger partial charge in [-0.25, -0.2) is 0 Å². The molecule has 3 heteroatoms. The lowest BCUT2D eigenvalue weighted by Gasteiger charge is -2.31. The van der Waals surface area contributed by atoms with Gasteiger partial charge in [-0.2, -0.15) is 0 Å². The quantitative estimate of drug-likeness (QED) is 0.624. The Hall–Kier alpha value is -0.955. The van der Waals surface area contributed by atoms with Crippen LogP contribution in [0.2, 0.25) is 0 Å². The second kappa shape index (κ2) is 4.05. The molecule has 2 rings (SSSR count). The van der Waals surface area contributed by atoms with Crippen molar-refractivity contribution in [1.29, 1.82) is 0 Å². The third-order valence-corrected chi connectivity index (χ3v) is 2.86. The van der Waals surface area contributed by atoms with E-state index in [1.165, 1.54) is 11.2 Å². The smallest absolute Gasteiger partial charge is 0.139 e. The Bertz CT molecular complexity index is 291. The summed E-state index contributed by atoms with van der Waals surface area (Å²) in [5, 5.41) is 9.39. The van der Waals surface area contributed by atoms with E-state index in [9.17, 15) is 5.11 Å². The molecule has 0 aliphatic carbocycles. The number of hydrogen-bond donors (Lipinski definition) is 1. The molecule has 1 aromatic rings. The summed E-state index contributed by atoms with van der Waals surface area (Å²) < 4.78 is 0. The van der Waals surface area contributed by atoms with Crippen LogP contribution in [0.1, 0.15) is 12.8 Å². The lowest BCUT2D eigenvalue weighted by atomic mass is 9.96. The normalized spacial score (nSPS) is 18.5. The number of rotatable bonds is 1. The molecule has 1 N–H and O–H groups in total. The monoisotopic (exact) mass is 189 g/mol. The Kier molecular flexibility index (Phi) is 2.78. The van der Waals surface area contributed by atoms with E-state index in [4.69, 9.17) is 0 Å². The zero-order valence-electron chi connectivity index (χ0n) is 8.61. The van der Waals surface area contributed by atoms with Gasteiger partial charge in [-0.05, 0) is 25.0 Å². The fraction of sp³-hybridized carbons (Fsp3) is 0.455. The average Bonchev–Trinajstić information content (AvgIpc) is 2.21. The van der Waals surface area contributed by atoms with Gasteiger partial charge in [0, 0.05) is 18.8 Å². The predicted octanol–water partition coefficient (Wildman–Crippen LogP) is -0.0939. The largest absolute Gasteiger partial charge is 0.393 e. The number of benzene rings is 1. The summed E-state index contributed by atoms with van der Waals surface area (Å²) in [6.07, 6.45) is 1.71. The summed E-state index contributed by atoms with van der Waals surface area (Å²) in [4.78, 5) is 2.34. The molecule has 0 saturated carbocycles. The van der Waals surface area contributed by atoms with Crippen LogP contribution < -0.4 is 10.4 Å². The van der Waals surface area contributed by atoms with Crippen LogP contribution in [0.5, 0.6) is 0 Å². The number of aliphatic hydroxyl groups excluding tert-OH is 1. The fourth-order valence-corrected chi connectivity index (χ4v) is 1.88. The second-order valence-electron chi connectivity index (χ2n) is 4.05. The highest BCUT2D eigenvalue weighted by Crippen LogP contribution is 2.18. The van der Waals surface area contributed by atoms with Gasteiger partial charge in [0.05, 0.1) is 6.10 Å². The number of piperidine rings is 1. The molecule has 0 amide bonds. The molecule has 0 radical (unpaired) electrons. The molecule has 0 spiro atoms. The molecule has 14 heavy (non-hydrogen) atoms. The molecule has 1 aromatic carbocycles. The minimum atomic E-state index is -0.0864. The van der Waals surface area contributed by atoms with Crippen molar-refractivity contribution < 1.29 is 5.11 Å². The highest BCUT2D eigenvalue weighted by atomic mass is 16.3. The van der Waals surface area contributed by atoms with E-state index in [1.807, 2.05) is 0 Å². The predicted molar refractivity (Wildman–Crippen MR) is 62.1 cm³/mol. The summed E-state index contributed by atoms with van der Waals surface area (Å²) in [6, 6.07) is 8.60. The molecular formula is C11H16BNO. The molecular weight excluding hydrogens is 173 g/mol. The topological polar surface area (TPSA) is 23.5 Å². The van der Waals surface area contributed by atoms with Crippen LogP contribution in [0.15, 0.2) is 24.3 Å². The zero-order chi connectivity index (χ0) is 9.97. The molecule has 0 bridgehead atoms. The van der Waals surface area contributed by atoms with E-state index in [0.29, 0.717) is 0 Å². The van der Waals surface area contributed by atoms with Crippen LogP contribution in [-0.2, 0) is 0 Å². The van der Waals surface area contributed by atoms with Crippen molar-refractivity contribution >= 4 is 19.0 Å². The first-order chi connectivity index (χ1) is 6.75. The van der Waals surface area contributed by atoms with Crippen LogP contribution in [0.3, 0.4) is 0 Å². The molecule has 0 aromatic heterocycles. The summed E-state index contributed by atoms with van der Waals surface area (Å²) in [6.45, 7) is 1.95. The van der Waals surface area contributed by atoms with Crippen LogP contribution in [0.4, 0.5) is 5.69 Å². The Labute approximate surface area is 86.0 Å². The van der Waals surface area contributed by atoms with Crippen molar-refractivity contribution in [3.8, 4) is 0 Å². The first-order valence-corrected chi connectivity index (χ1v) is 5.25. The summed E-state index contributed by atoms with van der Waals surface area (Å²) >= 11 is 0. The zero-order valence-corrected chi connectivity index (χ0v) is 8.61. The molecule has 1 aliphatic heterocycles. The number of anilines is 1. The van der Waals surface area contributed by atoms with Gasteiger partial charge < -0.3 is 10.0 Å². The van der Waals surface area contributed by atoms with Gasteiger partial charge in [-0.3, -0.25) is 0 Å². The van der Waals surface area contributed by atoms with Crippen molar-refractivity contribution in [2.45, 2.75) is 18.9 Å². The summed E-state index contributed by atoms with van der Waals surface area (Å²) in [5.41, 5.74) is 2.58. The maximum Gasteiger partial charge on any atom is 0.139 e. The van der Waals surface area contributed by atoms with Crippen molar-refractivity contribution in [1.82, 2.24) is 0 Å². The number of hydrogen-bond acceptors (Lipinski definition) is 2. The van der Waals surface area contributed by atoms with E-state index >= 15 is 0 Å². The van der Waals surface area contributed by atoms with E-state index in [0.717, 1.165) is 25.9 Å². The number of nitrogens with zero attached hydrogens (tertiary/aromatic N) is 1. The van der Waals surface area contributed by atoms with Crippen molar-refractivity contribution in [3.63, 3.8) is 0 Å². The van der Waals surface area contributed by atoms with Gasteiger partial charge >= 0.3 is 0 Å². The van der Waals surface area contributed by atoms with Gasteiger partial charge in [-0.1, -0.05) is 17.6 Å².